The molecule has 132 valence electrons. The standard InChI is InChI=1S/C15H19ClN2O5S/c1-8-6-9(2)17-13(16)12(8)15(20)23-10(3)14(19)18-11-4-5-24(21,22)7-11/h6,10-11H,4-5,7H2,1-3H3,(H,18,19)/t10-,11+/m0/s1. The second-order valence-corrected chi connectivity index (χ2v) is 8.49. The fourth-order valence-corrected chi connectivity index (χ4v) is 4.57. The lowest BCUT2D eigenvalue weighted by molar-refractivity contribution is -0.129. The van der Waals surface area contributed by atoms with Gasteiger partial charge in [0.05, 0.1) is 17.1 Å². The van der Waals surface area contributed by atoms with Gasteiger partial charge in [0.15, 0.2) is 15.9 Å². The Kier molecular flexibility index (Phi) is 5.49. The number of rotatable bonds is 4. The maximum absolute atomic E-state index is 12.2. The van der Waals surface area contributed by atoms with Crippen LogP contribution < -0.4 is 5.32 Å². The quantitative estimate of drug-likeness (QED) is 0.627. The molecule has 0 radical (unpaired) electrons. The molecular weight excluding hydrogens is 356 g/mol. The van der Waals surface area contributed by atoms with Gasteiger partial charge in [0.25, 0.3) is 5.91 Å². The highest BCUT2D eigenvalue weighted by molar-refractivity contribution is 7.91. The number of hydrogen-bond acceptors (Lipinski definition) is 6. The topological polar surface area (TPSA) is 102 Å². The maximum Gasteiger partial charge on any atom is 0.342 e. The monoisotopic (exact) mass is 374 g/mol. The number of aryl methyl sites for hydroxylation is 2. The molecule has 2 heterocycles. The first kappa shape index (κ1) is 18.7. The molecular formula is C15H19ClN2O5S. The normalized spacial score (nSPS) is 20.4. The Morgan fingerprint density at radius 1 is 1.42 bits per heavy atom. The van der Waals surface area contributed by atoms with E-state index in [1.165, 1.54) is 6.92 Å². The van der Waals surface area contributed by atoms with Crippen molar-refractivity contribution in [1.29, 1.82) is 0 Å². The van der Waals surface area contributed by atoms with Gasteiger partial charge in [-0.1, -0.05) is 11.6 Å². The first-order valence-corrected chi connectivity index (χ1v) is 9.64. The molecule has 1 aliphatic rings. The number of esters is 1. The number of sulfone groups is 1. The molecule has 1 aromatic rings. The van der Waals surface area contributed by atoms with Crippen LogP contribution in [0.5, 0.6) is 0 Å². The van der Waals surface area contributed by atoms with Crippen molar-refractivity contribution in [2.24, 2.45) is 0 Å². The van der Waals surface area contributed by atoms with E-state index in [0.29, 0.717) is 17.7 Å². The predicted octanol–water partition coefficient (Wildman–Crippen LogP) is 1.20. The zero-order chi connectivity index (χ0) is 18.1. The highest BCUT2D eigenvalue weighted by Gasteiger charge is 2.31. The van der Waals surface area contributed by atoms with E-state index < -0.39 is 33.9 Å². The third kappa shape index (κ3) is 4.45. The van der Waals surface area contributed by atoms with Crippen molar-refractivity contribution in [3.63, 3.8) is 0 Å². The van der Waals surface area contributed by atoms with Gasteiger partial charge in [0.2, 0.25) is 0 Å². The van der Waals surface area contributed by atoms with Crippen LogP contribution in [0.15, 0.2) is 6.07 Å². The van der Waals surface area contributed by atoms with E-state index in [-0.39, 0.29) is 22.2 Å². The van der Waals surface area contributed by atoms with Crippen molar-refractivity contribution in [3.8, 4) is 0 Å². The van der Waals surface area contributed by atoms with Gasteiger partial charge in [-0.3, -0.25) is 4.79 Å². The second kappa shape index (κ2) is 7.06. The van der Waals surface area contributed by atoms with Gasteiger partial charge in [-0.2, -0.15) is 0 Å². The predicted molar refractivity (Wildman–Crippen MR) is 88.8 cm³/mol. The van der Waals surface area contributed by atoms with Gasteiger partial charge in [0.1, 0.15) is 5.15 Å². The summed E-state index contributed by atoms with van der Waals surface area (Å²) < 4.78 is 27.9. The molecule has 0 bridgehead atoms. The maximum atomic E-state index is 12.2. The van der Waals surface area contributed by atoms with Crippen LogP contribution in [-0.4, -0.2) is 48.9 Å². The molecule has 0 unspecified atom stereocenters. The van der Waals surface area contributed by atoms with Gasteiger partial charge in [-0.15, -0.1) is 0 Å². The smallest absolute Gasteiger partial charge is 0.342 e. The Morgan fingerprint density at radius 2 is 2.08 bits per heavy atom. The van der Waals surface area contributed by atoms with E-state index in [4.69, 9.17) is 16.3 Å². The Hall–Kier alpha value is -1.67. The van der Waals surface area contributed by atoms with E-state index in [1.54, 1.807) is 19.9 Å². The summed E-state index contributed by atoms with van der Waals surface area (Å²) in [4.78, 5) is 28.3. The number of amides is 1. The Morgan fingerprint density at radius 3 is 2.62 bits per heavy atom. The Labute approximate surface area is 145 Å². The number of nitrogens with one attached hydrogen (secondary N) is 1. The van der Waals surface area contributed by atoms with E-state index >= 15 is 0 Å². The minimum Gasteiger partial charge on any atom is -0.449 e. The number of carbonyl (C=O) groups is 2. The summed E-state index contributed by atoms with van der Waals surface area (Å²) in [7, 11) is -3.10. The van der Waals surface area contributed by atoms with Crippen molar-refractivity contribution in [3.05, 3.63) is 28.0 Å². The van der Waals surface area contributed by atoms with Crippen molar-refractivity contribution in [2.45, 2.75) is 39.3 Å². The van der Waals surface area contributed by atoms with Crippen molar-refractivity contribution >= 4 is 33.3 Å². The average molecular weight is 375 g/mol. The van der Waals surface area contributed by atoms with Gasteiger partial charge in [0, 0.05) is 11.7 Å². The molecule has 1 fully saturated rings. The number of halogens is 1. The van der Waals surface area contributed by atoms with E-state index in [9.17, 15) is 18.0 Å². The third-order valence-electron chi connectivity index (χ3n) is 3.74. The van der Waals surface area contributed by atoms with Crippen LogP contribution in [0.1, 0.15) is 35.0 Å². The summed E-state index contributed by atoms with van der Waals surface area (Å²) in [5.41, 5.74) is 1.39. The number of pyridine rings is 1. The van der Waals surface area contributed by atoms with Crippen LogP contribution in [0.4, 0.5) is 0 Å². The molecule has 0 spiro atoms. The van der Waals surface area contributed by atoms with Gasteiger partial charge < -0.3 is 10.1 Å². The molecule has 1 aliphatic heterocycles. The largest absolute Gasteiger partial charge is 0.449 e. The highest BCUT2D eigenvalue weighted by Crippen LogP contribution is 2.20. The lowest BCUT2D eigenvalue weighted by Crippen LogP contribution is -2.42. The minimum atomic E-state index is -3.10. The number of carbonyl (C=O) groups excluding carboxylic acids is 2. The summed E-state index contributed by atoms with van der Waals surface area (Å²) in [6.07, 6.45) is -0.709. The van der Waals surface area contributed by atoms with Gasteiger partial charge >= 0.3 is 5.97 Å². The summed E-state index contributed by atoms with van der Waals surface area (Å²) in [6, 6.07) is 1.24. The molecule has 1 N–H and O–H groups in total. The fraction of sp³-hybridized carbons (Fsp3) is 0.533. The molecule has 7 nitrogen and oxygen atoms in total. The highest BCUT2D eigenvalue weighted by atomic mass is 35.5. The van der Waals surface area contributed by atoms with Gasteiger partial charge in [-0.05, 0) is 38.8 Å². The zero-order valence-corrected chi connectivity index (χ0v) is 15.2. The first-order chi connectivity index (χ1) is 11.1. The van der Waals surface area contributed by atoms with Gasteiger partial charge in [-0.25, -0.2) is 18.2 Å². The van der Waals surface area contributed by atoms with Crippen LogP contribution in [0, 0.1) is 13.8 Å². The molecule has 1 saturated heterocycles. The zero-order valence-electron chi connectivity index (χ0n) is 13.6. The van der Waals surface area contributed by atoms with E-state index in [1.807, 2.05) is 0 Å². The van der Waals surface area contributed by atoms with Crippen molar-refractivity contribution in [1.82, 2.24) is 10.3 Å². The third-order valence-corrected chi connectivity index (χ3v) is 5.78. The van der Waals surface area contributed by atoms with Crippen LogP contribution in [0.3, 0.4) is 0 Å². The Bertz CT molecular complexity index is 755. The Balaban J connectivity index is 2.00. The molecule has 9 heteroatoms. The molecule has 1 amide bonds. The number of nitrogens with zero attached hydrogens (tertiary/aromatic N) is 1. The number of ether oxygens (including phenoxy) is 1. The molecule has 0 aromatic carbocycles. The molecule has 0 saturated carbocycles. The average Bonchev–Trinajstić information content (AvgIpc) is 2.76. The molecule has 2 atom stereocenters. The second-order valence-electron chi connectivity index (χ2n) is 5.90. The van der Waals surface area contributed by atoms with Crippen LogP contribution in [0.25, 0.3) is 0 Å². The van der Waals surface area contributed by atoms with Crippen LogP contribution in [0.2, 0.25) is 5.15 Å². The SMILES string of the molecule is Cc1cc(C)c(C(=O)O[C@@H](C)C(=O)N[C@@H]2CCS(=O)(=O)C2)c(Cl)n1. The van der Waals surface area contributed by atoms with Crippen LogP contribution in [-0.2, 0) is 19.4 Å². The summed E-state index contributed by atoms with van der Waals surface area (Å²) in [5.74, 6) is -1.33. The lowest BCUT2D eigenvalue weighted by Gasteiger charge is -2.17. The minimum absolute atomic E-state index is 0.0204. The van der Waals surface area contributed by atoms with E-state index in [0.717, 1.165) is 0 Å². The molecule has 24 heavy (non-hydrogen) atoms. The molecule has 2 rings (SSSR count). The summed E-state index contributed by atoms with van der Waals surface area (Å²) >= 11 is 5.98. The summed E-state index contributed by atoms with van der Waals surface area (Å²) in [5, 5.41) is 2.61. The van der Waals surface area contributed by atoms with Crippen LogP contribution >= 0.6 is 11.6 Å². The number of aromatic nitrogens is 1. The fourth-order valence-electron chi connectivity index (χ4n) is 2.54. The summed E-state index contributed by atoms with van der Waals surface area (Å²) in [6.45, 7) is 4.87. The molecule has 1 aromatic heterocycles. The lowest BCUT2D eigenvalue weighted by atomic mass is 10.1. The number of hydrogen-bond donors (Lipinski definition) is 1. The molecule has 0 aliphatic carbocycles. The first-order valence-electron chi connectivity index (χ1n) is 7.44. The van der Waals surface area contributed by atoms with E-state index in [2.05, 4.69) is 10.3 Å². The van der Waals surface area contributed by atoms with Crippen molar-refractivity contribution in [2.75, 3.05) is 11.5 Å². The van der Waals surface area contributed by atoms with Crippen molar-refractivity contribution < 1.29 is 22.7 Å².